The van der Waals surface area contributed by atoms with E-state index in [0.717, 1.165) is 0 Å². The smallest absolute Gasteiger partial charge is 0.247 e. The van der Waals surface area contributed by atoms with Crippen molar-refractivity contribution < 1.29 is 27.5 Å². The van der Waals surface area contributed by atoms with Crippen molar-refractivity contribution in [1.82, 2.24) is 14.6 Å². The number of amides is 2. The zero-order chi connectivity index (χ0) is 20.0. The highest BCUT2D eigenvalue weighted by molar-refractivity contribution is 7.89. The number of nitrogens with zero attached hydrogens (tertiary/aromatic N) is 2. The summed E-state index contributed by atoms with van der Waals surface area (Å²) in [6, 6.07) is 4.57. The quantitative estimate of drug-likeness (QED) is 0.352. The number of nitrogens with one attached hydrogen (secondary N) is 1. The lowest BCUT2D eigenvalue weighted by Crippen LogP contribution is -2.50. The predicted octanol–water partition coefficient (Wildman–Crippen LogP) is -0.693. The van der Waals surface area contributed by atoms with Gasteiger partial charge < -0.3 is 14.4 Å². The van der Waals surface area contributed by atoms with E-state index in [0.29, 0.717) is 5.75 Å². The molecule has 0 bridgehead atoms. The molecule has 1 fully saturated rings. The highest BCUT2D eigenvalue weighted by Crippen LogP contribution is 2.31. The van der Waals surface area contributed by atoms with Crippen LogP contribution in [-0.4, -0.2) is 69.8 Å². The first kappa shape index (κ1) is 20.9. The number of rotatable bonds is 7. The number of methoxy groups -OCH3 is 2. The van der Waals surface area contributed by atoms with Gasteiger partial charge in [0.25, 0.3) is 0 Å². The molecule has 0 saturated carbocycles. The number of carbonyl (C=O) groups is 2. The number of hydrazine groups is 1. The van der Waals surface area contributed by atoms with Crippen LogP contribution >= 0.6 is 0 Å². The monoisotopic (exact) mass is 400 g/mol. The van der Waals surface area contributed by atoms with Crippen molar-refractivity contribution in [2.75, 3.05) is 40.4 Å². The molecule has 2 amide bonds. The predicted molar refractivity (Wildman–Crippen MR) is 96.4 cm³/mol. The van der Waals surface area contributed by atoms with Gasteiger partial charge in [-0.1, -0.05) is 0 Å². The molecule has 0 atom stereocenters. The summed E-state index contributed by atoms with van der Waals surface area (Å²) in [4.78, 5) is 24.8. The zero-order valence-corrected chi connectivity index (χ0v) is 16.1. The van der Waals surface area contributed by atoms with Gasteiger partial charge in [0.1, 0.15) is 16.4 Å². The Balaban J connectivity index is 2.06. The Bertz CT molecular complexity index is 790. The minimum absolute atomic E-state index is 0.00510. The van der Waals surface area contributed by atoms with Crippen molar-refractivity contribution in [1.29, 1.82) is 0 Å². The fourth-order valence-electron chi connectivity index (χ4n) is 2.75. The van der Waals surface area contributed by atoms with Crippen molar-refractivity contribution in [2.45, 2.75) is 17.7 Å². The second kappa shape index (κ2) is 9.02. The molecule has 11 heteroatoms. The van der Waals surface area contributed by atoms with Crippen LogP contribution in [0.1, 0.15) is 12.8 Å². The van der Waals surface area contributed by atoms with Crippen LogP contribution in [-0.2, 0) is 19.6 Å². The topological polar surface area (TPSA) is 131 Å². The number of carbonyl (C=O) groups excluding carboxylic acids is 2. The van der Waals surface area contributed by atoms with Crippen LogP contribution < -0.4 is 20.7 Å². The molecule has 2 rings (SSSR count). The number of nitrogens with two attached hydrogens (primary N) is 1. The van der Waals surface area contributed by atoms with Crippen LogP contribution in [0.5, 0.6) is 11.5 Å². The molecule has 0 radical (unpaired) electrons. The molecule has 1 aromatic rings. The summed E-state index contributed by atoms with van der Waals surface area (Å²) in [7, 11) is -0.957. The van der Waals surface area contributed by atoms with E-state index in [1.54, 1.807) is 11.0 Å². The van der Waals surface area contributed by atoms with Gasteiger partial charge >= 0.3 is 0 Å². The minimum atomic E-state index is -3.81. The standard InChI is InChI=1S/C16H24N4O6S/c1-25-12-3-4-13(26-2)14(11-12)27(23,24)20-9-7-19(8-10-20)16(22)6-5-15(21)18-17/h3-4,11H,5-10,17H2,1-2H3,(H,18,21). The van der Waals surface area contributed by atoms with Crippen LogP contribution in [0.4, 0.5) is 0 Å². The Morgan fingerprint density at radius 2 is 1.78 bits per heavy atom. The lowest BCUT2D eigenvalue weighted by Gasteiger charge is -2.34. The Labute approximate surface area is 158 Å². The highest BCUT2D eigenvalue weighted by Gasteiger charge is 2.32. The molecule has 1 aromatic carbocycles. The third-order valence-electron chi connectivity index (χ3n) is 4.31. The number of piperazine rings is 1. The lowest BCUT2D eigenvalue weighted by molar-refractivity contribution is -0.134. The summed E-state index contributed by atoms with van der Waals surface area (Å²) in [5.41, 5.74) is 1.97. The molecule has 27 heavy (non-hydrogen) atoms. The maximum atomic E-state index is 13.0. The summed E-state index contributed by atoms with van der Waals surface area (Å²) in [5.74, 6) is 4.98. The summed E-state index contributed by atoms with van der Waals surface area (Å²) in [6.07, 6.45) is 0.0222. The van der Waals surface area contributed by atoms with Gasteiger partial charge in [-0.2, -0.15) is 4.31 Å². The average Bonchev–Trinajstić information content (AvgIpc) is 2.71. The SMILES string of the molecule is COc1ccc(OC)c(S(=O)(=O)N2CCN(C(=O)CCC(=O)NN)CC2)c1. The van der Waals surface area contributed by atoms with Gasteiger partial charge in [0.05, 0.1) is 14.2 Å². The van der Waals surface area contributed by atoms with Crippen LogP contribution in [0, 0.1) is 0 Å². The Morgan fingerprint density at radius 1 is 1.11 bits per heavy atom. The zero-order valence-electron chi connectivity index (χ0n) is 15.3. The summed E-state index contributed by atoms with van der Waals surface area (Å²) >= 11 is 0. The van der Waals surface area contributed by atoms with Gasteiger partial charge in [0.15, 0.2) is 0 Å². The molecule has 1 heterocycles. The molecule has 0 unspecified atom stereocenters. The van der Waals surface area contributed by atoms with Crippen LogP contribution in [0.15, 0.2) is 23.1 Å². The van der Waals surface area contributed by atoms with Gasteiger partial charge in [-0.25, -0.2) is 14.3 Å². The molecular formula is C16H24N4O6S. The van der Waals surface area contributed by atoms with Crippen LogP contribution in [0.2, 0.25) is 0 Å². The van der Waals surface area contributed by atoms with E-state index in [1.165, 1.54) is 30.7 Å². The first-order valence-electron chi connectivity index (χ1n) is 8.33. The summed E-state index contributed by atoms with van der Waals surface area (Å²) in [5, 5.41) is 0. The van der Waals surface area contributed by atoms with Crippen molar-refractivity contribution in [3.63, 3.8) is 0 Å². The molecular weight excluding hydrogens is 376 g/mol. The van der Waals surface area contributed by atoms with Crippen LogP contribution in [0.25, 0.3) is 0 Å². The van der Waals surface area contributed by atoms with E-state index >= 15 is 0 Å². The lowest BCUT2D eigenvalue weighted by atomic mass is 10.2. The first-order chi connectivity index (χ1) is 12.8. The van der Waals surface area contributed by atoms with E-state index in [2.05, 4.69) is 0 Å². The molecule has 3 N–H and O–H groups in total. The Kier molecular flexibility index (Phi) is 6.99. The first-order valence-corrected chi connectivity index (χ1v) is 9.77. The van der Waals surface area contributed by atoms with Crippen molar-refractivity contribution in [3.8, 4) is 11.5 Å². The van der Waals surface area contributed by atoms with Crippen molar-refractivity contribution in [2.24, 2.45) is 5.84 Å². The number of hydrogen-bond acceptors (Lipinski definition) is 7. The largest absolute Gasteiger partial charge is 0.497 e. The van der Waals surface area contributed by atoms with E-state index in [4.69, 9.17) is 15.3 Å². The summed E-state index contributed by atoms with van der Waals surface area (Å²) < 4.78 is 37.6. The number of sulfonamides is 1. The van der Waals surface area contributed by atoms with Gasteiger partial charge in [-0.3, -0.25) is 15.0 Å². The Morgan fingerprint density at radius 3 is 2.33 bits per heavy atom. The van der Waals surface area contributed by atoms with Crippen molar-refractivity contribution in [3.05, 3.63) is 18.2 Å². The molecule has 1 saturated heterocycles. The number of ether oxygens (including phenoxy) is 2. The van der Waals surface area contributed by atoms with Gasteiger partial charge in [0, 0.05) is 45.1 Å². The summed E-state index contributed by atoms with van der Waals surface area (Å²) in [6.45, 7) is 0.790. The molecule has 1 aliphatic rings. The molecule has 0 aliphatic carbocycles. The van der Waals surface area contributed by atoms with E-state index in [9.17, 15) is 18.0 Å². The molecule has 0 spiro atoms. The van der Waals surface area contributed by atoms with Gasteiger partial charge in [-0.15, -0.1) is 0 Å². The van der Waals surface area contributed by atoms with Gasteiger partial charge in [-0.05, 0) is 12.1 Å². The maximum Gasteiger partial charge on any atom is 0.247 e. The fraction of sp³-hybridized carbons (Fsp3) is 0.500. The van der Waals surface area contributed by atoms with E-state index in [1.807, 2.05) is 5.43 Å². The Hall–Kier alpha value is -2.37. The minimum Gasteiger partial charge on any atom is -0.497 e. The third kappa shape index (κ3) is 4.87. The molecule has 1 aliphatic heterocycles. The average molecular weight is 400 g/mol. The molecule has 10 nitrogen and oxygen atoms in total. The van der Waals surface area contributed by atoms with Crippen LogP contribution in [0.3, 0.4) is 0 Å². The normalized spacial score (nSPS) is 15.3. The second-order valence-electron chi connectivity index (χ2n) is 5.87. The number of hydrogen-bond donors (Lipinski definition) is 2. The van der Waals surface area contributed by atoms with E-state index < -0.39 is 15.9 Å². The third-order valence-corrected chi connectivity index (χ3v) is 6.23. The molecule has 0 aromatic heterocycles. The van der Waals surface area contributed by atoms with Crippen molar-refractivity contribution >= 4 is 21.8 Å². The molecule has 150 valence electrons. The second-order valence-corrected chi connectivity index (χ2v) is 7.78. The maximum absolute atomic E-state index is 13.0. The highest BCUT2D eigenvalue weighted by atomic mass is 32.2. The van der Waals surface area contributed by atoms with E-state index in [-0.39, 0.29) is 55.6 Å². The number of benzene rings is 1. The fourth-order valence-corrected chi connectivity index (χ4v) is 4.35. The van der Waals surface area contributed by atoms with Gasteiger partial charge in [0.2, 0.25) is 21.8 Å².